The van der Waals surface area contributed by atoms with Gasteiger partial charge in [0.25, 0.3) is 6.01 Å². The van der Waals surface area contributed by atoms with Gasteiger partial charge in [-0.05, 0) is 6.58 Å². The Morgan fingerprint density at radius 1 is 1.62 bits per heavy atom. The maximum atomic E-state index is 11.2. The second kappa shape index (κ2) is 2.08. The monoisotopic (exact) mass is 144 g/mol. The minimum atomic E-state index is -5.20. The summed E-state index contributed by atoms with van der Waals surface area (Å²) >= 11 is 0. The molecule has 0 bridgehead atoms. The van der Waals surface area contributed by atoms with E-state index in [1.165, 1.54) is 0 Å². The lowest BCUT2D eigenvalue weighted by Crippen LogP contribution is -1.92. The van der Waals surface area contributed by atoms with Crippen molar-refractivity contribution in [1.29, 1.82) is 0 Å². The summed E-state index contributed by atoms with van der Waals surface area (Å²) in [5.41, 5.74) is 0. The van der Waals surface area contributed by atoms with Crippen molar-refractivity contribution in [2.75, 3.05) is 0 Å². The van der Waals surface area contributed by atoms with E-state index < -0.39 is 16.5 Å². The summed E-state index contributed by atoms with van der Waals surface area (Å²) in [5.74, 6) is 0. The van der Waals surface area contributed by atoms with E-state index in [0.29, 0.717) is 0 Å². The smallest absolute Gasteiger partial charge is 0.329 e. The molecule has 0 aliphatic heterocycles. The maximum Gasteiger partial charge on any atom is 0.490 e. The fraction of sp³-hybridized carbons (Fsp3) is 0. The van der Waals surface area contributed by atoms with Crippen LogP contribution in [0.2, 0.25) is 0 Å². The number of halogens is 2. The van der Waals surface area contributed by atoms with Crippen LogP contribution >= 0.6 is 0 Å². The number of hydrogen-bond acceptors (Lipinski definition) is 3. The van der Waals surface area contributed by atoms with E-state index in [0.717, 1.165) is 0 Å². The van der Waals surface area contributed by atoms with Crippen molar-refractivity contribution >= 4 is 10.5 Å². The highest BCUT2D eigenvalue weighted by atomic mass is 32.3. The van der Waals surface area contributed by atoms with Crippen molar-refractivity contribution in [3.05, 3.63) is 12.6 Å². The molecule has 0 aliphatic rings. The Hall–Kier alpha value is -0.650. The fourth-order valence-corrected chi connectivity index (χ4v) is 0.324. The Bertz CT molecular complexity index is 181. The van der Waals surface area contributed by atoms with Crippen LogP contribution in [-0.2, 0) is 14.7 Å². The van der Waals surface area contributed by atoms with E-state index in [4.69, 9.17) is 0 Å². The summed E-state index contributed by atoms with van der Waals surface area (Å²) in [6, 6.07) is -1.69. The lowest BCUT2D eigenvalue weighted by atomic mass is 11.1. The van der Waals surface area contributed by atoms with Crippen molar-refractivity contribution in [3.8, 4) is 0 Å². The third-order valence-electron chi connectivity index (χ3n) is 0.190. The predicted octanol–water partition coefficient (Wildman–Crippen LogP) is 0.658. The zero-order valence-electron chi connectivity index (χ0n) is 3.60. The van der Waals surface area contributed by atoms with Gasteiger partial charge in [0, 0.05) is 0 Å². The minimum absolute atomic E-state index is 1.69. The molecular formula is C2H2F2O3S. The largest absolute Gasteiger partial charge is 0.490 e. The highest BCUT2D eigenvalue weighted by Gasteiger charge is 2.08. The van der Waals surface area contributed by atoms with Crippen molar-refractivity contribution < 1.29 is 20.9 Å². The second-order valence-corrected chi connectivity index (χ2v) is 1.78. The first kappa shape index (κ1) is 7.35. The lowest BCUT2D eigenvalue weighted by molar-refractivity contribution is 0.288. The van der Waals surface area contributed by atoms with Gasteiger partial charge in [0.05, 0.1) is 0 Å². The van der Waals surface area contributed by atoms with Gasteiger partial charge in [-0.15, -0.1) is 0 Å². The van der Waals surface area contributed by atoms with Crippen LogP contribution < -0.4 is 0 Å². The Morgan fingerprint density at radius 3 is 2.00 bits per heavy atom. The zero-order valence-corrected chi connectivity index (χ0v) is 4.41. The molecule has 0 aromatic heterocycles. The van der Waals surface area contributed by atoms with Crippen LogP contribution in [0.5, 0.6) is 0 Å². The van der Waals surface area contributed by atoms with Gasteiger partial charge < -0.3 is 4.18 Å². The van der Waals surface area contributed by atoms with Crippen LogP contribution in [0.25, 0.3) is 0 Å². The third-order valence-corrected chi connectivity index (χ3v) is 0.570. The molecule has 0 heterocycles. The third kappa shape index (κ3) is 5.35. The summed E-state index contributed by atoms with van der Waals surface area (Å²) in [6.07, 6.45) is 0. The average molecular weight is 144 g/mol. The molecule has 0 rings (SSSR count). The summed E-state index contributed by atoms with van der Waals surface area (Å²) in [7, 11) is -5.20. The molecule has 0 saturated heterocycles. The van der Waals surface area contributed by atoms with Crippen LogP contribution in [0.15, 0.2) is 12.6 Å². The quantitative estimate of drug-likeness (QED) is 0.422. The fourth-order valence-electron chi connectivity index (χ4n) is 0.108. The van der Waals surface area contributed by atoms with Gasteiger partial charge in [0.15, 0.2) is 0 Å². The van der Waals surface area contributed by atoms with Gasteiger partial charge in [-0.3, -0.25) is 0 Å². The Morgan fingerprint density at radius 2 is 2.00 bits per heavy atom. The zero-order chi connectivity index (χ0) is 6.78. The second-order valence-electron chi connectivity index (χ2n) is 0.832. The molecule has 3 nitrogen and oxygen atoms in total. The Balaban J connectivity index is 3.95. The molecule has 0 aliphatic carbocycles. The van der Waals surface area contributed by atoms with Crippen LogP contribution in [0.1, 0.15) is 0 Å². The van der Waals surface area contributed by atoms with Crippen LogP contribution in [0, 0.1) is 0 Å². The van der Waals surface area contributed by atoms with Gasteiger partial charge >= 0.3 is 10.5 Å². The van der Waals surface area contributed by atoms with Crippen LogP contribution in [0.3, 0.4) is 0 Å². The Labute approximate surface area is 45.0 Å². The van der Waals surface area contributed by atoms with Gasteiger partial charge in [0.1, 0.15) is 0 Å². The molecule has 0 amide bonds. The average Bonchev–Trinajstić information content (AvgIpc) is 1.21. The molecule has 8 heavy (non-hydrogen) atoms. The predicted molar refractivity (Wildman–Crippen MR) is 21.4 cm³/mol. The molecule has 0 radical (unpaired) electrons. The molecule has 0 unspecified atom stereocenters. The SMILES string of the molecule is C=C(F)OS(=O)(=O)F. The van der Waals surface area contributed by atoms with Crippen molar-refractivity contribution in [2.45, 2.75) is 0 Å². The topological polar surface area (TPSA) is 43.4 Å². The summed E-state index contributed by atoms with van der Waals surface area (Å²) in [6.45, 7) is 2.33. The van der Waals surface area contributed by atoms with E-state index in [2.05, 4.69) is 10.8 Å². The van der Waals surface area contributed by atoms with E-state index >= 15 is 0 Å². The highest BCUT2D eigenvalue weighted by molar-refractivity contribution is 7.81. The first-order valence-electron chi connectivity index (χ1n) is 1.40. The molecule has 0 saturated carbocycles. The number of rotatable bonds is 2. The van der Waals surface area contributed by atoms with Gasteiger partial charge in [0.2, 0.25) is 0 Å². The maximum absolute atomic E-state index is 11.2. The van der Waals surface area contributed by atoms with Crippen molar-refractivity contribution in [3.63, 3.8) is 0 Å². The lowest BCUT2D eigenvalue weighted by Gasteiger charge is -1.88. The summed E-state index contributed by atoms with van der Waals surface area (Å²) in [4.78, 5) is 0. The first-order valence-corrected chi connectivity index (χ1v) is 2.71. The van der Waals surface area contributed by atoms with E-state index in [1.807, 2.05) is 0 Å². The van der Waals surface area contributed by atoms with E-state index in [-0.39, 0.29) is 0 Å². The van der Waals surface area contributed by atoms with Gasteiger partial charge in [-0.1, -0.05) is 3.89 Å². The molecule has 48 valence electrons. The van der Waals surface area contributed by atoms with Gasteiger partial charge in [-0.25, -0.2) is 0 Å². The molecular weight excluding hydrogens is 142 g/mol. The highest BCUT2D eigenvalue weighted by Crippen LogP contribution is 2.02. The molecule has 0 N–H and O–H groups in total. The van der Waals surface area contributed by atoms with Gasteiger partial charge in [-0.2, -0.15) is 12.8 Å². The summed E-state index contributed by atoms with van der Waals surface area (Å²) < 4.78 is 43.6. The van der Waals surface area contributed by atoms with Crippen molar-refractivity contribution in [1.82, 2.24) is 0 Å². The normalized spacial score (nSPS) is 10.8. The molecule has 0 aromatic carbocycles. The molecule has 0 aromatic rings. The van der Waals surface area contributed by atoms with E-state index in [9.17, 15) is 16.7 Å². The molecule has 0 atom stereocenters. The minimum Gasteiger partial charge on any atom is -0.329 e. The standard InChI is InChI=1S/C2H2F2O3S/c1-2(3)7-8(4,5)6/h1H2. The number of hydrogen-bond donors (Lipinski definition) is 0. The van der Waals surface area contributed by atoms with Crippen LogP contribution in [-0.4, -0.2) is 8.42 Å². The molecule has 6 heteroatoms. The van der Waals surface area contributed by atoms with Crippen LogP contribution in [0.4, 0.5) is 8.28 Å². The molecule has 0 spiro atoms. The first-order chi connectivity index (χ1) is 3.42. The summed E-state index contributed by atoms with van der Waals surface area (Å²) in [5, 5.41) is 0. The van der Waals surface area contributed by atoms with E-state index in [1.54, 1.807) is 0 Å². The van der Waals surface area contributed by atoms with Crippen molar-refractivity contribution in [2.24, 2.45) is 0 Å². The Kier molecular flexibility index (Phi) is 1.91. The molecule has 0 fully saturated rings.